The minimum absolute atomic E-state index is 0.0172. The number of carbonyl (C=O) groups excluding carboxylic acids is 2. The van der Waals surface area contributed by atoms with Crippen LogP contribution in [-0.2, 0) is 27.1 Å². The zero-order valence-corrected chi connectivity index (χ0v) is 17.0. The highest BCUT2D eigenvalue weighted by molar-refractivity contribution is 7.83. The number of nitrogens with one attached hydrogen (secondary N) is 4. The van der Waals surface area contributed by atoms with Crippen molar-refractivity contribution in [1.29, 1.82) is 5.41 Å². The molecule has 0 fully saturated rings. The molecule has 0 bridgehead atoms. The second-order valence-electron chi connectivity index (χ2n) is 6.41. The Labute approximate surface area is 180 Å². The molecule has 3 aromatic carbocycles. The van der Waals surface area contributed by atoms with Crippen molar-refractivity contribution in [1.82, 2.24) is 4.72 Å². The molecular formula is C22H19FN4O3S. The molecule has 3 aromatic rings. The van der Waals surface area contributed by atoms with E-state index in [4.69, 9.17) is 5.41 Å². The van der Waals surface area contributed by atoms with Gasteiger partial charge in [0.05, 0.1) is 4.90 Å². The lowest BCUT2D eigenvalue weighted by molar-refractivity contribution is -0.133. The first kappa shape index (κ1) is 22.0. The van der Waals surface area contributed by atoms with Gasteiger partial charge < -0.3 is 10.6 Å². The summed E-state index contributed by atoms with van der Waals surface area (Å²) in [5, 5.41) is 11.8. The predicted molar refractivity (Wildman–Crippen MR) is 118 cm³/mol. The van der Waals surface area contributed by atoms with E-state index in [-0.39, 0.29) is 11.3 Å². The van der Waals surface area contributed by atoms with Gasteiger partial charge in [-0.05, 0) is 35.9 Å². The molecule has 0 saturated heterocycles. The Kier molecular flexibility index (Phi) is 7.36. The van der Waals surface area contributed by atoms with E-state index >= 15 is 0 Å². The fourth-order valence-electron chi connectivity index (χ4n) is 2.63. The quantitative estimate of drug-likeness (QED) is 0.335. The summed E-state index contributed by atoms with van der Waals surface area (Å²) >= 11 is 0. The van der Waals surface area contributed by atoms with Crippen molar-refractivity contribution in [2.75, 3.05) is 10.6 Å². The van der Waals surface area contributed by atoms with E-state index in [1.54, 1.807) is 18.2 Å². The summed E-state index contributed by atoms with van der Waals surface area (Å²) in [7, 11) is -1.52. The number of hydrogen-bond acceptors (Lipinski definition) is 4. The molecule has 1 unspecified atom stereocenters. The Morgan fingerprint density at radius 1 is 0.839 bits per heavy atom. The van der Waals surface area contributed by atoms with Gasteiger partial charge in [0.2, 0.25) is 5.97 Å². The van der Waals surface area contributed by atoms with Gasteiger partial charge in [0.15, 0.2) is 0 Å². The molecule has 0 aliphatic rings. The summed E-state index contributed by atoms with van der Waals surface area (Å²) in [6, 6.07) is 21.4. The number of carbonyl (C=O) groups is 2. The first-order valence-electron chi connectivity index (χ1n) is 9.18. The molecule has 31 heavy (non-hydrogen) atoms. The molecule has 158 valence electrons. The van der Waals surface area contributed by atoms with Crippen LogP contribution < -0.4 is 15.4 Å². The number of amides is 2. The van der Waals surface area contributed by atoms with E-state index in [1.807, 2.05) is 30.3 Å². The second-order valence-corrected chi connectivity index (χ2v) is 7.70. The molecule has 0 radical (unpaired) electrons. The van der Waals surface area contributed by atoms with Gasteiger partial charge in [0.25, 0.3) is 0 Å². The maximum Gasteiger partial charge on any atom is 0.314 e. The van der Waals surface area contributed by atoms with Crippen LogP contribution in [0.3, 0.4) is 0 Å². The fourth-order valence-corrected chi connectivity index (χ4v) is 3.53. The summed E-state index contributed by atoms with van der Waals surface area (Å²) in [6.07, 6.45) is 0. The number of hydrogen-bond donors (Lipinski definition) is 4. The van der Waals surface area contributed by atoms with Gasteiger partial charge in [-0.2, -0.15) is 4.39 Å². The lowest BCUT2D eigenvalue weighted by Crippen LogP contribution is -2.29. The molecule has 0 spiro atoms. The van der Waals surface area contributed by atoms with E-state index in [0.717, 1.165) is 5.56 Å². The highest BCUT2D eigenvalue weighted by Crippen LogP contribution is 2.15. The maximum absolute atomic E-state index is 13.0. The van der Waals surface area contributed by atoms with Crippen LogP contribution in [0.15, 0.2) is 83.8 Å². The zero-order valence-electron chi connectivity index (χ0n) is 16.2. The topological polar surface area (TPSA) is 111 Å². The lowest BCUT2D eigenvalue weighted by Gasteiger charge is -2.09. The van der Waals surface area contributed by atoms with E-state index in [2.05, 4.69) is 15.4 Å². The predicted octanol–water partition coefficient (Wildman–Crippen LogP) is 3.37. The summed E-state index contributed by atoms with van der Waals surface area (Å²) < 4.78 is 28.4. The third-order valence-electron chi connectivity index (χ3n) is 4.14. The zero-order chi connectivity index (χ0) is 22.2. The van der Waals surface area contributed by atoms with E-state index in [1.165, 1.54) is 30.3 Å². The Morgan fingerprint density at radius 2 is 1.45 bits per heavy atom. The Morgan fingerprint density at radius 3 is 2.10 bits per heavy atom. The van der Waals surface area contributed by atoms with Crippen LogP contribution in [-0.4, -0.2) is 22.0 Å². The summed E-state index contributed by atoms with van der Waals surface area (Å²) in [5.74, 6) is -3.05. The molecule has 0 saturated carbocycles. The molecule has 7 nitrogen and oxygen atoms in total. The average molecular weight is 438 g/mol. The van der Waals surface area contributed by atoms with Crippen LogP contribution in [0.5, 0.6) is 0 Å². The molecular weight excluding hydrogens is 419 g/mol. The Bertz CT molecular complexity index is 1140. The minimum Gasteiger partial charge on any atom is -0.318 e. The summed E-state index contributed by atoms with van der Waals surface area (Å²) in [6.45, 7) is 0.405. The highest BCUT2D eigenvalue weighted by atomic mass is 32.2. The molecule has 2 amide bonds. The van der Waals surface area contributed by atoms with Gasteiger partial charge >= 0.3 is 11.8 Å². The molecule has 4 N–H and O–H groups in total. The number of halogens is 1. The van der Waals surface area contributed by atoms with Crippen molar-refractivity contribution >= 4 is 40.1 Å². The van der Waals surface area contributed by atoms with Crippen LogP contribution >= 0.6 is 0 Å². The van der Waals surface area contributed by atoms with Gasteiger partial charge in [0.1, 0.15) is 11.0 Å². The van der Waals surface area contributed by atoms with Crippen molar-refractivity contribution in [3.05, 3.63) is 90.0 Å². The first-order chi connectivity index (χ1) is 14.9. The van der Waals surface area contributed by atoms with Crippen molar-refractivity contribution in [2.45, 2.75) is 11.4 Å². The van der Waals surface area contributed by atoms with Crippen molar-refractivity contribution < 1.29 is 18.2 Å². The molecule has 0 aliphatic heterocycles. The average Bonchev–Trinajstić information content (AvgIpc) is 2.78. The minimum atomic E-state index is -1.52. The number of rotatable bonds is 7. The first-order valence-corrected chi connectivity index (χ1v) is 10.3. The van der Waals surface area contributed by atoms with Gasteiger partial charge in [-0.3, -0.25) is 15.0 Å². The van der Waals surface area contributed by atoms with Crippen LogP contribution in [0.2, 0.25) is 0 Å². The van der Waals surface area contributed by atoms with Crippen LogP contribution in [0.4, 0.5) is 15.8 Å². The van der Waals surface area contributed by atoms with Crippen molar-refractivity contribution in [3.8, 4) is 0 Å². The molecule has 0 aromatic heterocycles. The smallest absolute Gasteiger partial charge is 0.314 e. The largest absolute Gasteiger partial charge is 0.318 e. The van der Waals surface area contributed by atoms with Gasteiger partial charge in [-0.25, -0.2) is 8.93 Å². The third-order valence-corrected chi connectivity index (χ3v) is 5.22. The normalized spacial score (nSPS) is 11.4. The van der Waals surface area contributed by atoms with Gasteiger partial charge in [-0.15, -0.1) is 0 Å². The van der Waals surface area contributed by atoms with Gasteiger partial charge in [0, 0.05) is 23.5 Å². The Hall–Kier alpha value is -3.69. The molecule has 0 heterocycles. The van der Waals surface area contributed by atoms with E-state index in [9.17, 15) is 18.2 Å². The number of benzene rings is 3. The Balaban J connectivity index is 1.60. The standard InChI is InChI=1S/C22H19FN4O3S/c23-20(24)16-8-4-9-17(12-16)26-21(28)22(29)27-18-10-5-11-19(13-18)31(30)25-14-15-6-2-1-3-7-15/h1-13,24-25H,14H2,(H,26,28)(H,27,29). The van der Waals surface area contributed by atoms with Crippen LogP contribution in [0, 0.1) is 5.41 Å². The monoisotopic (exact) mass is 438 g/mol. The highest BCUT2D eigenvalue weighted by Gasteiger charge is 2.15. The summed E-state index contributed by atoms with van der Waals surface area (Å²) in [4.78, 5) is 24.8. The van der Waals surface area contributed by atoms with E-state index in [0.29, 0.717) is 17.1 Å². The third kappa shape index (κ3) is 6.39. The second kappa shape index (κ2) is 10.4. The lowest BCUT2D eigenvalue weighted by atomic mass is 10.2. The maximum atomic E-state index is 13.0. The van der Waals surface area contributed by atoms with Crippen LogP contribution in [0.1, 0.15) is 11.1 Å². The number of anilines is 2. The molecule has 0 aliphatic carbocycles. The van der Waals surface area contributed by atoms with Crippen molar-refractivity contribution in [3.63, 3.8) is 0 Å². The fraction of sp³-hybridized carbons (Fsp3) is 0.0455. The van der Waals surface area contributed by atoms with E-state index < -0.39 is 28.8 Å². The summed E-state index contributed by atoms with van der Waals surface area (Å²) in [5.41, 5.74) is 1.44. The van der Waals surface area contributed by atoms with Crippen molar-refractivity contribution in [2.24, 2.45) is 0 Å². The molecule has 9 heteroatoms. The van der Waals surface area contributed by atoms with Crippen LogP contribution in [0.25, 0.3) is 0 Å². The molecule has 1 atom stereocenters. The molecule has 3 rings (SSSR count). The van der Waals surface area contributed by atoms with Gasteiger partial charge in [-0.1, -0.05) is 48.5 Å². The SMILES string of the molecule is N=C(F)c1cccc(NC(=O)C(=O)Nc2cccc(S(=O)NCc3ccccc3)c2)c1.